The number of rotatable bonds is 3. The molecule has 0 atom stereocenters. The Morgan fingerprint density at radius 1 is 1.10 bits per heavy atom. The first kappa shape index (κ1) is 13.6. The number of nitrogens with one attached hydrogen (secondary N) is 1. The zero-order valence-corrected chi connectivity index (χ0v) is 12.5. The van der Waals surface area contributed by atoms with Crippen molar-refractivity contribution in [1.29, 1.82) is 0 Å². The maximum absolute atomic E-state index is 5.76. The van der Waals surface area contributed by atoms with E-state index in [4.69, 9.17) is 22.9 Å². The molecule has 0 aliphatic heterocycles. The quantitative estimate of drug-likeness (QED) is 0.441. The van der Waals surface area contributed by atoms with E-state index in [0.717, 1.165) is 27.5 Å². The van der Waals surface area contributed by atoms with Crippen LogP contribution in [0.5, 0.6) is 0 Å². The fourth-order valence-electron chi connectivity index (χ4n) is 2.39. The molecule has 5 heteroatoms. The van der Waals surface area contributed by atoms with E-state index < -0.39 is 0 Å². The number of para-hydroxylation sites is 2. The van der Waals surface area contributed by atoms with Gasteiger partial charge in [0.1, 0.15) is 0 Å². The lowest BCUT2D eigenvalue weighted by molar-refractivity contribution is 0.531. The molecule has 0 bridgehead atoms. The highest BCUT2D eigenvalue weighted by molar-refractivity contribution is 7.80. The van der Waals surface area contributed by atoms with Gasteiger partial charge in [0.2, 0.25) is 0 Å². The fourth-order valence-corrected chi connectivity index (χ4v) is 2.56. The summed E-state index contributed by atoms with van der Waals surface area (Å²) in [5.41, 5.74) is 12.0. The standard InChI is InChI=1S/C16H16N4S/c1-2-20(16(17)21)19-15-11-7-3-5-9-13(11)18-14-10-6-4-8-12(14)15/h3-10H,2H2,1H3,(H2,17,21)(H,18,19). The Balaban J connectivity index is 2.27. The van der Waals surface area contributed by atoms with Crippen LogP contribution in [0.3, 0.4) is 0 Å². The Kier molecular flexibility index (Phi) is 3.58. The first-order valence-corrected chi connectivity index (χ1v) is 7.22. The van der Waals surface area contributed by atoms with Gasteiger partial charge < -0.3 is 5.73 Å². The van der Waals surface area contributed by atoms with Crippen molar-refractivity contribution in [1.82, 2.24) is 9.99 Å². The number of fused-ring (bicyclic) bond motifs is 2. The molecule has 0 saturated carbocycles. The van der Waals surface area contributed by atoms with Gasteiger partial charge in [0, 0.05) is 17.3 Å². The maximum Gasteiger partial charge on any atom is 0.185 e. The number of hydrogen-bond acceptors (Lipinski definition) is 3. The summed E-state index contributed by atoms with van der Waals surface area (Å²) in [6.07, 6.45) is 0. The number of hydrogen-bond donors (Lipinski definition) is 2. The van der Waals surface area contributed by atoms with Crippen LogP contribution in [0.25, 0.3) is 21.8 Å². The van der Waals surface area contributed by atoms with Crippen LogP contribution in [0.4, 0.5) is 5.69 Å². The van der Waals surface area contributed by atoms with Crippen molar-refractivity contribution in [2.24, 2.45) is 5.73 Å². The highest BCUT2D eigenvalue weighted by Gasteiger charge is 2.11. The molecule has 0 saturated heterocycles. The summed E-state index contributed by atoms with van der Waals surface area (Å²) in [4.78, 5) is 4.69. The SMILES string of the molecule is CCN(Nc1c2ccccc2nc2ccccc12)C(N)=S. The van der Waals surface area contributed by atoms with Crippen LogP contribution in [-0.2, 0) is 0 Å². The summed E-state index contributed by atoms with van der Waals surface area (Å²) < 4.78 is 0. The topological polar surface area (TPSA) is 54.2 Å². The Labute approximate surface area is 128 Å². The van der Waals surface area contributed by atoms with Crippen LogP contribution in [-0.4, -0.2) is 21.7 Å². The van der Waals surface area contributed by atoms with E-state index in [2.05, 4.69) is 5.43 Å². The first-order valence-electron chi connectivity index (χ1n) is 6.82. The number of nitrogens with two attached hydrogens (primary N) is 1. The molecule has 3 N–H and O–H groups in total. The smallest absolute Gasteiger partial charge is 0.185 e. The first-order chi connectivity index (χ1) is 10.2. The highest BCUT2D eigenvalue weighted by atomic mass is 32.1. The van der Waals surface area contributed by atoms with E-state index in [1.807, 2.05) is 55.5 Å². The third-order valence-electron chi connectivity index (χ3n) is 3.42. The molecule has 0 amide bonds. The van der Waals surface area contributed by atoms with Crippen molar-refractivity contribution in [2.45, 2.75) is 6.92 Å². The Hall–Kier alpha value is -2.40. The van der Waals surface area contributed by atoms with Gasteiger partial charge in [-0.15, -0.1) is 0 Å². The molecular weight excluding hydrogens is 280 g/mol. The fraction of sp³-hybridized carbons (Fsp3) is 0.125. The third-order valence-corrected chi connectivity index (χ3v) is 3.64. The highest BCUT2D eigenvalue weighted by Crippen LogP contribution is 2.30. The molecule has 106 valence electrons. The molecule has 0 fully saturated rings. The van der Waals surface area contributed by atoms with Gasteiger partial charge in [-0.1, -0.05) is 36.4 Å². The minimum absolute atomic E-state index is 0.322. The van der Waals surface area contributed by atoms with Gasteiger partial charge in [-0.05, 0) is 31.3 Å². The minimum atomic E-state index is 0.322. The van der Waals surface area contributed by atoms with Gasteiger partial charge >= 0.3 is 0 Å². The Bertz CT molecular complexity index is 762. The summed E-state index contributed by atoms with van der Waals surface area (Å²) in [6, 6.07) is 16.1. The molecule has 21 heavy (non-hydrogen) atoms. The average molecular weight is 296 g/mol. The molecule has 0 aliphatic carbocycles. The normalized spacial score (nSPS) is 10.7. The zero-order chi connectivity index (χ0) is 14.8. The van der Waals surface area contributed by atoms with E-state index >= 15 is 0 Å². The van der Waals surface area contributed by atoms with Crippen molar-refractivity contribution in [3.63, 3.8) is 0 Å². The van der Waals surface area contributed by atoms with Crippen LogP contribution < -0.4 is 11.2 Å². The lowest BCUT2D eigenvalue weighted by Gasteiger charge is -2.24. The van der Waals surface area contributed by atoms with E-state index in [1.54, 1.807) is 5.01 Å². The predicted octanol–water partition coefficient (Wildman–Crippen LogP) is 3.28. The minimum Gasteiger partial charge on any atom is -0.375 e. The average Bonchev–Trinajstić information content (AvgIpc) is 2.51. The monoisotopic (exact) mass is 296 g/mol. The van der Waals surface area contributed by atoms with Crippen molar-refractivity contribution < 1.29 is 0 Å². The van der Waals surface area contributed by atoms with Crippen LogP contribution >= 0.6 is 12.2 Å². The van der Waals surface area contributed by atoms with Gasteiger partial charge in [-0.25, -0.2) is 4.98 Å². The second-order valence-corrected chi connectivity index (χ2v) is 5.13. The summed E-state index contributed by atoms with van der Waals surface area (Å²) in [6.45, 7) is 2.68. The van der Waals surface area contributed by atoms with Crippen molar-refractivity contribution in [3.05, 3.63) is 48.5 Å². The Morgan fingerprint density at radius 3 is 2.10 bits per heavy atom. The predicted molar refractivity (Wildman–Crippen MR) is 92.0 cm³/mol. The van der Waals surface area contributed by atoms with Crippen molar-refractivity contribution >= 4 is 44.8 Å². The van der Waals surface area contributed by atoms with Gasteiger partial charge in [0.15, 0.2) is 5.11 Å². The summed E-state index contributed by atoms with van der Waals surface area (Å²) in [7, 11) is 0. The molecule has 3 aromatic rings. The van der Waals surface area contributed by atoms with Gasteiger partial charge in [-0.3, -0.25) is 10.4 Å². The summed E-state index contributed by atoms with van der Waals surface area (Å²) in [5, 5.41) is 4.17. The van der Waals surface area contributed by atoms with E-state index in [0.29, 0.717) is 11.7 Å². The number of nitrogens with zero attached hydrogens (tertiary/aromatic N) is 2. The van der Waals surface area contributed by atoms with Gasteiger partial charge in [-0.2, -0.15) is 0 Å². The number of anilines is 1. The van der Waals surface area contributed by atoms with E-state index in [9.17, 15) is 0 Å². The van der Waals surface area contributed by atoms with Crippen LogP contribution in [0.15, 0.2) is 48.5 Å². The number of hydrazine groups is 1. The van der Waals surface area contributed by atoms with Gasteiger partial charge in [0.25, 0.3) is 0 Å². The third kappa shape index (κ3) is 2.48. The van der Waals surface area contributed by atoms with Crippen LogP contribution in [0.2, 0.25) is 0 Å². The molecule has 0 radical (unpaired) electrons. The lowest BCUT2D eigenvalue weighted by atomic mass is 10.1. The number of pyridine rings is 1. The van der Waals surface area contributed by atoms with Crippen molar-refractivity contribution in [2.75, 3.05) is 12.0 Å². The molecular formula is C16H16N4S. The zero-order valence-electron chi connectivity index (χ0n) is 11.7. The summed E-state index contributed by atoms with van der Waals surface area (Å²) >= 11 is 5.09. The molecule has 0 unspecified atom stereocenters. The van der Waals surface area contributed by atoms with E-state index in [1.165, 1.54) is 0 Å². The number of benzene rings is 2. The molecule has 4 nitrogen and oxygen atoms in total. The molecule has 0 aliphatic rings. The van der Waals surface area contributed by atoms with Crippen LogP contribution in [0, 0.1) is 0 Å². The largest absolute Gasteiger partial charge is 0.375 e. The molecule has 2 aromatic carbocycles. The Morgan fingerprint density at radius 2 is 1.62 bits per heavy atom. The lowest BCUT2D eigenvalue weighted by Crippen LogP contribution is -2.39. The number of thiocarbonyl (C=S) groups is 1. The second kappa shape index (κ2) is 5.54. The molecule has 3 rings (SSSR count). The molecule has 1 aromatic heterocycles. The molecule has 1 heterocycles. The number of aromatic nitrogens is 1. The van der Waals surface area contributed by atoms with Crippen LogP contribution in [0.1, 0.15) is 6.92 Å². The molecule has 0 spiro atoms. The maximum atomic E-state index is 5.76. The summed E-state index contributed by atoms with van der Waals surface area (Å²) in [5.74, 6) is 0. The van der Waals surface area contributed by atoms with E-state index in [-0.39, 0.29) is 0 Å². The van der Waals surface area contributed by atoms with Crippen molar-refractivity contribution in [3.8, 4) is 0 Å². The second-order valence-electron chi connectivity index (χ2n) is 4.72. The van der Waals surface area contributed by atoms with Gasteiger partial charge in [0.05, 0.1) is 16.7 Å².